The predicted molar refractivity (Wildman–Crippen MR) is 93.4 cm³/mol. The molecular formula is C18H20F2N4O4. The van der Waals surface area contributed by atoms with Crippen LogP contribution in [0.3, 0.4) is 0 Å². The summed E-state index contributed by atoms with van der Waals surface area (Å²) < 4.78 is 26.9. The zero-order valence-electron chi connectivity index (χ0n) is 15.0. The van der Waals surface area contributed by atoms with E-state index >= 15 is 0 Å². The molecule has 4 amide bonds. The van der Waals surface area contributed by atoms with Crippen molar-refractivity contribution in [2.45, 2.75) is 37.8 Å². The van der Waals surface area contributed by atoms with Crippen molar-refractivity contribution in [1.82, 2.24) is 15.5 Å². The average molecular weight is 394 g/mol. The van der Waals surface area contributed by atoms with E-state index in [4.69, 9.17) is 5.73 Å². The molecule has 8 nitrogen and oxygen atoms in total. The summed E-state index contributed by atoms with van der Waals surface area (Å²) in [6.45, 7) is -0.607. The molecule has 2 heterocycles. The van der Waals surface area contributed by atoms with E-state index < -0.39 is 48.6 Å². The summed E-state index contributed by atoms with van der Waals surface area (Å²) in [6, 6.07) is 3.42. The van der Waals surface area contributed by atoms with Gasteiger partial charge in [0.25, 0.3) is 17.7 Å². The number of nitrogens with zero attached hydrogens (tertiary/aromatic N) is 1. The third kappa shape index (κ3) is 3.92. The number of amides is 4. The van der Waals surface area contributed by atoms with E-state index in [-0.39, 0.29) is 37.1 Å². The number of imide groups is 2. The Bertz CT molecular complexity index is 843. The minimum atomic E-state index is -2.93. The minimum absolute atomic E-state index is 0.0377. The lowest BCUT2D eigenvalue weighted by Crippen LogP contribution is -2.54. The first-order valence-corrected chi connectivity index (χ1v) is 8.86. The molecule has 0 bridgehead atoms. The van der Waals surface area contributed by atoms with Crippen LogP contribution in [0, 0.1) is 0 Å². The first kappa shape index (κ1) is 20.0. The fraction of sp³-hybridized carbons (Fsp3) is 0.444. The first-order valence-electron chi connectivity index (χ1n) is 8.86. The van der Waals surface area contributed by atoms with Gasteiger partial charge in [0.15, 0.2) is 0 Å². The molecule has 150 valence electrons. The van der Waals surface area contributed by atoms with E-state index in [9.17, 15) is 28.0 Å². The van der Waals surface area contributed by atoms with Crippen molar-refractivity contribution in [2.75, 3.05) is 13.1 Å². The van der Waals surface area contributed by atoms with Crippen LogP contribution in [0.2, 0.25) is 0 Å². The van der Waals surface area contributed by atoms with Gasteiger partial charge in [-0.15, -0.1) is 0 Å². The summed E-state index contributed by atoms with van der Waals surface area (Å²) in [4.78, 5) is 49.4. The summed E-state index contributed by atoms with van der Waals surface area (Å²) in [7, 11) is 0. The highest BCUT2D eigenvalue weighted by Gasteiger charge is 2.44. The summed E-state index contributed by atoms with van der Waals surface area (Å²) >= 11 is 0. The second kappa shape index (κ2) is 7.72. The van der Waals surface area contributed by atoms with E-state index in [0.29, 0.717) is 5.56 Å². The van der Waals surface area contributed by atoms with Gasteiger partial charge in [-0.3, -0.25) is 29.4 Å². The molecule has 2 aliphatic rings. The molecule has 0 spiro atoms. The van der Waals surface area contributed by atoms with Crippen LogP contribution >= 0.6 is 0 Å². The largest absolute Gasteiger partial charge is 0.330 e. The fourth-order valence-electron chi connectivity index (χ4n) is 3.32. The van der Waals surface area contributed by atoms with E-state index in [2.05, 4.69) is 10.6 Å². The Labute approximate surface area is 159 Å². The Morgan fingerprint density at radius 2 is 1.89 bits per heavy atom. The Morgan fingerprint density at radius 1 is 1.18 bits per heavy atom. The van der Waals surface area contributed by atoms with Crippen LogP contribution in [0.15, 0.2) is 18.2 Å². The maximum atomic E-state index is 13.5. The van der Waals surface area contributed by atoms with Gasteiger partial charge in [-0.2, -0.15) is 0 Å². The van der Waals surface area contributed by atoms with Crippen molar-refractivity contribution >= 4 is 23.6 Å². The number of carbonyl (C=O) groups excluding carboxylic acids is 4. The van der Waals surface area contributed by atoms with Gasteiger partial charge < -0.3 is 11.1 Å². The molecule has 1 fully saturated rings. The second-order valence-corrected chi connectivity index (χ2v) is 6.83. The smallest absolute Gasteiger partial charge is 0.262 e. The van der Waals surface area contributed by atoms with Gasteiger partial charge in [-0.25, -0.2) is 8.78 Å². The van der Waals surface area contributed by atoms with E-state index in [0.717, 1.165) is 4.90 Å². The number of alkyl halides is 2. The van der Waals surface area contributed by atoms with Crippen LogP contribution in [-0.4, -0.2) is 53.6 Å². The van der Waals surface area contributed by atoms with Gasteiger partial charge >= 0.3 is 0 Å². The zero-order chi connectivity index (χ0) is 20.5. The number of hydrogen-bond acceptors (Lipinski definition) is 6. The molecule has 4 N–H and O–H groups in total. The first-order chi connectivity index (χ1) is 13.2. The number of piperidine rings is 1. The third-order valence-electron chi connectivity index (χ3n) is 4.73. The molecule has 3 rings (SSSR count). The molecule has 1 atom stereocenters. The lowest BCUT2D eigenvalue weighted by atomic mass is 10.0. The SMILES string of the molecule is NCCC(F)(F)CNCc1ccc2c(c1)C(=O)N(C1CCC(=O)NC1=O)C2=O. The number of rotatable bonds is 7. The molecule has 1 saturated heterocycles. The van der Waals surface area contributed by atoms with Crippen LogP contribution in [0.1, 0.15) is 45.5 Å². The molecular weight excluding hydrogens is 374 g/mol. The van der Waals surface area contributed by atoms with Crippen molar-refractivity contribution in [3.63, 3.8) is 0 Å². The fourth-order valence-corrected chi connectivity index (χ4v) is 3.32. The van der Waals surface area contributed by atoms with Crippen molar-refractivity contribution < 1.29 is 28.0 Å². The number of benzene rings is 1. The van der Waals surface area contributed by atoms with Gasteiger partial charge in [0, 0.05) is 19.4 Å². The summed E-state index contributed by atoms with van der Waals surface area (Å²) in [6.07, 6.45) is -0.325. The molecule has 1 aromatic carbocycles. The number of fused-ring (bicyclic) bond motifs is 1. The van der Waals surface area contributed by atoms with Crippen molar-refractivity contribution in [3.8, 4) is 0 Å². The normalized spacial score (nSPS) is 19.8. The van der Waals surface area contributed by atoms with Crippen LogP contribution in [0.4, 0.5) is 8.78 Å². The standard InChI is InChI=1S/C18H20F2N4O4/c19-18(20,5-6-21)9-22-8-10-1-2-11-12(7-10)17(28)24(16(11)27)13-3-4-14(25)23-15(13)26/h1-2,7,13,22H,3-6,8-9,21H2,(H,23,25,26). The van der Waals surface area contributed by atoms with E-state index in [1.165, 1.54) is 12.1 Å². The summed E-state index contributed by atoms with van der Waals surface area (Å²) in [5.74, 6) is -5.31. The van der Waals surface area contributed by atoms with Crippen molar-refractivity contribution in [1.29, 1.82) is 0 Å². The minimum Gasteiger partial charge on any atom is -0.330 e. The number of hydrogen-bond donors (Lipinski definition) is 3. The van der Waals surface area contributed by atoms with Gasteiger partial charge in [-0.1, -0.05) is 6.07 Å². The van der Waals surface area contributed by atoms with Crippen LogP contribution < -0.4 is 16.4 Å². The predicted octanol–water partition coefficient (Wildman–Crippen LogP) is 0.161. The second-order valence-electron chi connectivity index (χ2n) is 6.83. The highest BCUT2D eigenvalue weighted by molar-refractivity contribution is 6.23. The Morgan fingerprint density at radius 3 is 2.57 bits per heavy atom. The molecule has 0 radical (unpaired) electrons. The maximum absolute atomic E-state index is 13.5. The summed E-state index contributed by atoms with van der Waals surface area (Å²) in [5.41, 5.74) is 5.96. The van der Waals surface area contributed by atoms with Crippen molar-refractivity contribution in [2.24, 2.45) is 5.73 Å². The molecule has 0 aromatic heterocycles. The number of carbonyl (C=O) groups is 4. The summed E-state index contributed by atoms with van der Waals surface area (Å²) in [5, 5.41) is 4.74. The Balaban J connectivity index is 1.71. The van der Waals surface area contributed by atoms with Gasteiger partial charge in [-0.05, 0) is 30.7 Å². The molecule has 1 aromatic rings. The molecule has 10 heteroatoms. The maximum Gasteiger partial charge on any atom is 0.262 e. The third-order valence-corrected chi connectivity index (χ3v) is 4.73. The van der Waals surface area contributed by atoms with Gasteiger partial charge in [0.1, 0.15) is 6.04 Å². The zero-order valence-corrected chi connectivity index (χ0v) is 15.0. The Hall–Kier alpha value is -2.72. The molecule has 0 aliphatic carbocycles. The number of halogens is 2. The lowest BCUT2D eigenvalue weighted by molar-refractivity contribution is -0.136. The van der Waals surface area contributed by atoms with E-state index in [1.807, 2.05) is 0 Å². The monoisotopic (exact) mass is 394 g/mol. The van der Waals surface area contributed by atoms with Crippen LogP contribution in [0.5, 0.6) is 0 Å². The molecule has 2 aliphatic heterocycles. The van der Waals surface area contributed by atoms with Crippen LogP contribution in [0.25, 0.3) is 0 Å². The molecule has 28 heavy (non-hydrogen) atoms. The average Bonchev–Trinajstić information content (AvgIpc) is 2.86. The number of nitrogens with two attached hydrogens (primary N) is 1. The molecule has 1 unspecified atom stereocenters. The lowest BCUT2D eigenvalue weighted by Gasteiger charge is -2.27. The highest BCUT2D eigenvalue weighted by atomic mass is 19.3. The Kier molecular flexibility index (Phi) is 5.52. The van der Waals surface area contributed by atoms with Gasteiger partial charge in [0.2, 0.25) is 11.8 Å². The van der Waals surface area contributed by atoms with Crippen LogP contribution in [-0.2, 0) is 16.1 Å². The molecule has 0 saturated carbocycles. The number of nitrogens with one attached hydrogen (secondary N) is 2. The van der Waals surface area contributed by atoms with Gasteiger partial charge in [0.05, 0.1) is 17.7 Å². The van der Waals surface area contributed by atoms with Crippen molar-refractivity contribution in [3.05, 3.63) is 34.9 Å². The van der Waals surface area contributed by atoms with E-state index in [1.54, 1.807) is 6.07 Å². The quantitative estimate of drug-likeness (QED) is 0.567. The topological polar surface area (TPSA) is 122 Å². The highest BCUT2D eigenvalue weighted by Crippen LogP contribution is 2.28.